The summed E-state index contributed by atoms with van der Waals surface area (Å²) in [4.78, 5) is 42.1. The van der Waals surface area contributed by atoms with E-state index >= 15 is 0 Å². The van der Waals surface area contributed by atoms with Crippen LogP contribution >= 0.6 is 0 Å². The van der Waals surface area contributed by atoms with Crippen LogP contribution in [0.2, 0.25) is 0 Å². The van der Waals surface area contributed by atoms with E-state index < -0.39 is 0 Å². The number of benzene rings is 1. The van der Waals surface area contributed by atoms with E-state index in [1.54, 1.807) is 29.2 Å². The molecule has 2 aliphatic heterocycles. The second-order valence-corrected chi connectivity index (χ2v) is 8.23. The number of nitrogens with one attached hydrogen (secondary N) is 4. The Kier molecular flexibility index (Phi) is 6.18. The van der Waals surface area contributed by atoms with Crippen molar-refractivity contribution in [1.29, 1.82) is 5.26 Å². The van der Waals surface area contributed by atoms with Crippen LogP contribution in [-0.2, 0) is 4.79 Å². The number of anilines is 1. The summed E-state index contributed by atoms with van der Waals surface area (Å²) in [6.45, 7) is 6.15. The summed E-state index contributed by atoms with van der Waals surface area (Å²) < 4.78 is 0. The fourth-order valence-electron chi connectivity index (χ4n) is 4.26. The van der Waals surface area contributed by atoms with Crippen molar-refractivity contribution in [2.24, 2.45) is 0 Å². The highest BCUT2D eigenvalue weighted by atomic mass is 16.2. The summed E-state index contributed by atoms with van der Waals surface area (Å²) in [5, 5.41) is 17.7. The van der Waals surface area contributed by atoms with E-state index in [-0.39, 0.29) is 17.8 Å². The minimum Gasteiger partial charge on any atom is -0.358 e. The van der Waals surface area contributed by atoms with Crippen LogP contribution in [0.5, 0.6) is 0 Å². The van der Waals surface area contributed by atoms with Crippen LogP contribution in [0.1, 0.15) is 51.3 Å². The first kappa shape index (κ1) is 22.1. The lowest BCUT2D eigenvalue weighted by atomic mass is 10.0. The quantitative estimate of drug-likeness (QED) is 0.401. The van der Waals surface area contributed by atoms with Crippen LogP contribution in [0.4, 0.5) is 10.5 Å². The predicted molar refractivity (Wildman–Crippen MR) is 124 cm³/mol. The molecule has 4 amide bonds. The van der Waals surface area contributed by atoms with Gasteiger partial charge in [0.15, 0.2) is 0 Å². The highest BCUT2D eigenvalue weighted by molar-refractivity contribution is 6.35. The first-order valence-electron chi connectivity index (χ1n) is 11.0. The van der Waals surface area contributed by atoms with E-state index in [1.807, 2.05) is 13.8 Å². The molecule has 0 spiro atoms. The molecule has 1 fully saturated rings. The lowest BCUT2D eigenvalue weighted by molar-refractivity contribution is -0.110. The van der Waals surface area contributed by atoms with Gasteiger partial charge in [0.25, 0.3) is 11.8 Å². The van der Waals surface area contributed by atoms with Crippen LogP contribution in [0.25, 0.3) is 11.6 Å². The van der Waals surface area contributed by atoms with E-state index in [4.69, 9.17) is 0 Å². The predicted octanol–water partition coefficient (Wildman–Crippen LogP) is 2.53. The van der Waals surface area contributed by atoms with Crippen molar-refractivity contribution in [3.8, 4) is 6.07 Å². The lowest BCUT2D eigenvalue weighted by Gasteiger charge is -2.27. The molecular formula is C24H26N6O3. The molecule has 0 saturated carbocycles. The average molecular weight is 447 g/mol. The molecule has 170 valence electrons. The Bertz CT molecular complexity index is 1200. The van der Waals surface area contributed by atoms with Crippen molar-refractivity contribution in [1.82, 2.24) is 20.5 Å². The van der Waals surface area contributed by atoms with Crippen LogP contribution in [0.15, 0.2) is 18.2 Å². The molecule has 33 heavy (non-hydrogen) atoms. The zero-order valence-electron chi connectivity index (χ0n) is 18.7. The van der Waals surface area contributed by atoms with E-state index in [2.05, 4.69) is 27.0 Å². The van der Waals surface area contributed by atoms with Gasteiger partial charge in [-0.15, -0.1) is 0 Å². The number of fused-ring (bicyclic) bond motifs is 1. The Morgan fingerprint density at radius 3 is 2.88 bits per heavy atom. The van der Waals surface area contributed by atoms with E-state index in [0.29, 0.717) is 65.4 Å². The van der Waals surface area contributed by atoms with Gasteiger partial charge >= 0.3 is 6.03 Å². The number of amides is 4. The highest BCUT2D eigenvalue weighted by Gasteiger charge is 2.26. The number of hydrogen-bond acceptors (Lipinski definition) is 4. The molecule has 0 aliphatic carbocycles. The molecule has 9 nitrogen and oxygen atoms in total. The second-order valence-electron chi connectivity index (χ2n) is 8.23. The van der Waals surface area contributed by atoms with Gasteiger partial charge in [0.05, 0.1) is 22.8 Å². The van der Waals surface area contributed by atoms with Gasteiger partial charge in [0, 0.05) is 48.8 Å². The molecule has 3 heterocycles. The fraction of sp³-hybridized carbons (Fsp3) is 0.333. The summed E-state index contributed by atoms with van der Waals surface area (Å²) in [5.41, 5.74) is 4.90. The van der Waals surface area contributed by atoms with Crippen LogP contribution < -0.4 is 16.0 Å². The monoisotopic (exact) mass is 446 g/mol. The molecule has 4 N–H and O–H groups in total. The molecule has 4 rings (SSSR count). The minimum absolute atomic E-state index is 0.0537. The van der Waals surface area contributed by atoms with Crippen molar-refractivity contribution < 1.29 is 14.4 Å². The van der Waals surface area contributed by atoms with Crippen LogP contribution in [0.3, 0.4) is 0 Å². The first-order valence-corrected chi connectivity index (χ1v) is 11.0. The highest BCUT2D eigenvalue weighted by Crippen LogP contribution is 2.34. The molecule has 0 bridgehead atoms. The maximum absolute atomic E-state index is 12.8. The zero-order valence-corrected chi connectivity index (χ0v) is 18.7. The Labute approximate surface area is 191 Å². The topological polar surface area (TPSA) is 130 Å². The molecular weight excluding hydrogens is 420 g/mol. The molecule has 0 unspecified atom stereocenters. The Morgan fingerprint density at radius 1 is 1.30 bits per heavy atom. The van der Waals surface area contributed by atoms with Gasteiger partial charge in [-0.05, 0) is 56.5 Å². The molecule has 1 saturated heterocycles. The van der Waals surface area contributed by atoms with E-state index in [1.165, 1.54) is 0 Å². The third kappa shape index (κ3) is 4.46. The van der Waals surface area contributed by atoms with E-state index in [9.17, 15) is 19.6 Å². The van der Waals surface area contributed by atoms with Crippen molar-refractivity contribution in [3.63, 3.8) is 0 Å². The molecule has 2 aliphatic rings. The molecule has 1 aromatic carbocycles. The normalized spacial score (nSPS) is 16.3. The Balaban J connectivity index is 1.46. The maximum atomic E-state index is 12.8. The molecule has 9 heteroatoms. The molecule has 0 radical (unpaired) electrons. The van der Waals surface area contributed by atoms with Gasteiger partial charge in [-0.25, -0.2) is 4.79 Å². The third-order valence-corrected chi connectivity index (χ3v) is 5.98. The number of hydrogen-bond donors (Lipinski definition) is 4. The van der Waals surface area contributed by atoms with Crippen molar-refractivity contribution >= 4 is 35.2 Å². The SMILES string of the molecule is Cc1[nH]c(/C=C2\C(=O)Nc3ccc(C#N)cc32)c(C)c1C(=O)NCCCN1CCCNC1=O. The van der Waals surface area contributed by atoms with Gasteiger partial charge < -0.3 is 25.8 Å². The fourth-order valence-corrected chi connectivity index (χ4v) is 4.26. The van der Waals surface area contributed by atoms with Crippen molar-refractivity contribution in [3.05, 3.63) is 51.8 Å². The number of carbonyl (C=O) groups excluding carboxylic acids is 3. The summed E-state index contributed by atoms with van der Waals surface area (Å²) in [6, 6.07) is 7.09. The number of nitriles is 1. The second kappa shape index (κ2) is 9.20. The maximum Gasteiger partial charge on any atom is 0.317 e. The number of aryl methyl sites for hydroxylation is 1. The number of urea groups is 1. The smallest absolute Gasteiger partial charge is 0.317 e. The minimum atomic E-state index is -0.250. The van der Waals surface area contributed by atoms with E-state index in [0.717, 1.165) is 18.5 Å². The molecule has 2 aromatic rings. The van der Waals surface area contributed by atoms with Crippen molar-refractivity contribution in [2.75, 3.05) is 31.5 Å². The third-order valence-electron chi connectivity index (χ3n) is 5.98. The van der Waals surface area contributed by atoms with Gasteiger partial charge in [-0.3, -0.25) is 9.59 Å². The lowest BCUT2D eigenvalue weighted by Crippen LogP contribution is -2.47. The van der Waals surface area contributed by atoms with Crippen LogP contribution in [0, 0.1) is 25.2 Å². The Hall–Kier alpha value is -4.06. The number of nitrogens with zero attached hydrogens (tertiary/aromatic N) is 2. The summed E-state index contributed by atoms with van der Waals surface area (Å²) >= 11 is 0. The van der Waals surface area contributed by atoms with Gasteiger partial charge in [-0.2, -0.15) is 5.26 Å². The standard InChI is InChI=1S/C24H26N6O3/c1-14-20(12-18-17-11-16(13-25)5-6-19(17)29-22(18)31)28-15(2)21(14)23(32)26-7-3-9-30-10-4-8-27-24(30)33/h5-6,11-12,28H,3-4,7-10H2,1-2H3,(H,26,32)(H,27,33)(H,29,31)/b18-12-. The number of rotatable bonds is 6. The van der Waals surface area contributed by atoms with Gasteiger partial charge in [0.1, 0.15) is 0 Å². The summed E-state index contributed by atoms with van der Waals surface area (Å²) in [6.07, 6.45) is 3.31. The number of H-pyrrole nitrogens is 1. The van der Waals surface area contributed by atoms with Crippen molar-refractivity contribution in [2.45, 2.75) is 26.7 Å². The number of aromatic amines is 1. The average Bonchev–Trinajstić information content (AvgIpc) is 3.26. The van der Waals surface area contributed by atoms with Gasteiger partial charge in [-0.1, -0.05) is 0 Å². The summed E-state index contributed by atoms with van der Waals surface area (Å²) in [7, 11) is 0. The Morgan fingerprint density at radius 2 is 2.12 bits per heavy atom. The van der Waals surface area contributed by atoms with Gasteiger partial charge in [0.2, 0.25) is 0 Å². The molecule has 0 atom stereocenters. The molecule has 1 aromatic heterocycles. The summed E-state index contributed by atoms with van der Waals surface area (Å²) in [5.74, 6) is -0.448. The largest absolute Gasteiger partial charge is 0.358 e. The first-order chi connectivity index (χ1) is 15.9. The zero-order chi connectivity index (χ0) is 23.5. The van der Waals surface area contributed by atoms with Crippen LogP contribution in [-0.4, -0.2) is 53.9 Å². The number of carbonyl (C=O) groups is 3. The number of aromatic nitrogens is 1.